The smallest absolute Gasteiger partial charge is 0.0105 e. The lowest BCUT2D eigenvalue weighted by atomic mass is 9.94. The van der Waals surface area contributed by atoms with Crippen LogP contribution in [0.3, 0.4) is 0 Å². The van der Waals surface area contributed by atoms with Crippen LogP contribution < -0.4 is 0 Å². The molecule has 0 saturated heterocycles. The third kappa shape index (κ3) is 4.85. The van der Waals surface area contributed by atoms with Crippen molar-refractivity contribution in [3.8, 4) is 11.1 Å². The molecule has 0 fully saturated rings. The van der Waals surface area contributed by atoms with E-state index in [2.05, 4.69) is 135 Å². The van der Waals surface area contributed by atoms with E-state index in [1.54, 1.807) is 0 Å². The summed E-state index contributed by atoms with van der Waals surface area (Å²) in [6.45, 7) is 4.23. The van der Waals surface area contributed by atoms with E-state index in [0.717, 1.165) is 0 Å². The van der Waals surface area contributed by atoms with Crippen molar-refractivity contribution in [1.82, 2.24) is 0 Å². The largest absolute Gasteiger partial charge is 0.0622 e. The van der Waals surface area contributed by atoms with Crippen LogP contribution in [0.1, 0.15) is 33.4 Å². The third-order valence-corrected chi connectivity index (χ3v) is 5.28. The van der Waals surface area contributed by atoms with Crippen LogP contribution in [0.2, 0.25) is 0 Å². The van der Waals surface area contributed by atoms with Crippen molar-refractivity contribution in [3.63, 3.8) is 0 Å². The highest BCUT2D eigenvalue weighted by molar-refractivity contribution is 5.87. The molecule has 0 aromatic heterocycles. The molecular weight excluding hydrogens is 360 g/mol. The first kappa shape index (κ1) is 19.7. The maximum atomic E-state index is 2.24. The molecule has 0 aliphatic carbocycles. The Morgan fingerprint density at radius 1 is 0.467 bits per heavy atom. The molecule has 146 valence electrons. The Kier molecular flexibility index (Phi) is 6.06. The summed E-state index contributed by atoms with van der Waals surface area (Å²) in [5, 5.41) is 0. The van der Waals surface area contributed by atoms with E-state index in [0.29, 0.717) is 0 Å². The molecule has 4 aromatic carbocycles. The minimum absolute atomic E-state index is 1.21. The van der Waals surface area contributed by atoms with Crippen LogP contribution in [0.5, 0.6) is 0 Å². The van der Waals surface area contributed by atoms with Gasteiger partial charge in [-0.1, -0.05) is 132 Å². The van der Waals surface area contributed by atoms with Gasteiger partial charge in [0.2, 0.25) is 0 Å². The molecule has 0 atom stereocenters. The summed E-state index contributed by atoms with van der Waals surface area (Å²) < 4.78 is 0. The summed E-state index contributed by atoms with van der Waals surface area (Å²) in [6.07, 6.45) is 8.84. The average Bonchev–Trinajstić information content (AvgIpc) is 2.79. The molecule has 0 heterocycles. The van der Waals surface area contributed by atoms with Gasteiger partial charge in [0.1, 0.15) is 0 Å². The van der Waals surface area contributed by atoms with Crippen molar-refractivity contribution in [1.29, 1.82) is 0 Å². The molecule has 0 radical (unpaired) electrons. The highest BCUT2D eigenvalue weighted by Gasteiger charge is 2.06. The molecule has 0 aliphatic rings. The number of rotatable bonds is 5. The van der Waals surface area contributed by atoms with Crippen LogP contribution in [0, 0.1) is 13.8 Å². The molecule has 0 bridgehead atoms. The molecule has 0 nitrogen and oxygen atoms in total. The van der Waals surface area contributed by atoms with E-state index in [1.807, 2.05) is 0 Å². The van der Waals surface area contributed by atoms with Crippen LogP contribution in [-0.4, -0.2) is 0 Å². The molecule has 0 N–H and O–H groups in total. The third-order valence-electron chi connectivity index (χ3n) is 5.28. The van der Waals surface area contributed by atoms with E-state index in [4.69, 9.17) is 0 Å². The Morgan fingerprint density at radius 2 is 1.03 bits per heavy atom. The molecule has 4 rings (SSSR count). The molecule has 0 amide bonds. The van der Waals surface area contributed by atoms with Crippen molar-refractivity contribution in [2.75, 3.05) is 0 Å². The maximum Gasteiger partial charge on any atom is -0.0105 e. The summed E-state index contributed by atoms with van der Waals surface area (Å²) in [7, 11) is 0. The second kappa shape index (κ2) is 9.24. The molecular formula is C30H26. The van der Waals surface area contributed by atoms with Gasteiger partial charge in [0.25, 0.3) is 0 Å². The Morgan fingerprint density at radius 3 is 1.63 bits per heavy atom. The number of benzene rings is 4. The number of hydrogen-bond donors (Lipinski definition) is 0. The van der Waals surface area contributed by atoms with Crippen molar-refractivity contribution in [2.24, 2.45) is 0 Å². The summed E-state index contributed by atoms with van der Waals surface area (Å²) in [6, 6.07) is 34.4. The van der Waals surface area contributed by atoms with Gasteiger partial charge in [-0.25, -0.2) is 0 Å². The second-order valence-electron chi connectivity index (χ2n) is 7.66. The first-order chi connectivity index (χ1) is 14.7. The Bertz CT molecular complexity index is 1160. The van der Waals surface area contributed by atoms with E-state index >= 15 is 0 Å². The van der Waals surface area contributed by atoms with E-state index in [-0.39, 0.29) is 0 Å². The van der Waals surface area contributed by atoms with Crippen molar-refractivity contribution in [2.45, 2.75) is 13.8 Å². The molecule has 0 aliphatic heterocycles. The molecule has 0 spiro atoms. The van der Waals surface area contributed by atoms with Crippen LogP contribution in [0.4, 0.5) is 0 Å². The van der Waals surface area contributed by atoms with Crippen molar-refractivity contribution >= 4 is 24.3 Å². The summed E-state index contributed by atoms with van der Waals surface area (Å²) in [4.78, 5) is 0. The Labute approximate surface area is 179 Å². The average molecular weight is 387 g/mol. The van der Waals surface area contributed by atoms with E-state index < -0.39 is 0 Å². The SMILES string of the molecule is Cc1ccc(C=Cc2cccc(-c3ccccc3)c2C=Cc2ccc(C)cc2)cc1. The minimum atomic E-state index is 1.21. The zero-order valence-electron chi connectivity index (χ0n) is 17.5. The van der Waals surface area contributed by atoms with Crippen molar-refractivity contribution in [3.05, 3.63) is 130 Å². The predicted octanol–water partition coefficient (Wildman–Crippen LogP) is 8.31. The van der Waals surface area contributed by atoms with Crippen LogP contribution in [0.25, 0.3) is 35.4 Å². The lowest BCUT2D eigenvalue weighted by Crippen LogP contribution is -1.88. The minimum Gasteiger partial charge on any atom is -0.0622 e. The van der Waals surface area contributed by atoms with Crippen LogP contribution in [-0.2, 0) is 0 Å². The molecule has 0 heteroatoms. The molecule has 4 aromatic rings. The van der Waals surface area contributed by atoms with Gasteiger partial charge in [0.05, 0.1) is 0 Å². The zero-order chi connectivity index (χ0) is 20.8. The fourth-order valence-electron chi connectivity index (χ4n) is 3.50. The highest BCUT2D eigenvalue weighted by atomic mass is 14.1. The normalized spacial score (nSPS) is 11.4. The van der Waals surface area contributed by atoms with Gasteiger partial charge in [-0.05, 0) is 47.2 Å². The first-order valence-corrected chi connectivity index (χ1v) is 10.4. The second-order valence-corrected chi connectivity index (χ2v) is 7.66. The van der Waals surface area contributed by atoms with Gasteiger partial charge in [0.15, 0.2) is 0 Å². The van der Waals surface area contributed by atoms with Gasteiger partial charge in [-0.3, -0.25) is 0 Å². The van der Waals surface area contributed by atoms with Gasteiger partial charge in [-0.15, -0.1) is 0 Å². The van der Waals surface area contributed by atoms with Crippen molar-refractivity contribution < 1.29 is 0 Å². The highest BCUT2D eigenvalue weighted by Crippen LogP contribution is 2.29. The Balaban J connectivity index is 1.77. The topological polar surface area (TPSA) is 0 Å². The van der Waals surface area contributed by atoms with Crippen LogP contribution in [0.15, 0.2) is 97.1 Å². The maximum absolute atomic E-state index is 2.24. The summed E-state index contributed by atoms with van der Waals surface area (Å²) in [5.41, 5.74) is 9.87. The standard InChI is InChI=1S/C30H26/c1-23-11-15-25(16-12-23)19-21-28-9-6-10-29(27-7-4-3-5-8-27)30(28)22-20-26-17-13-24(2)14-18-26/h3-22H,1-2H3. The first-order valence-electron chi connectivity index (χ1n) is 10.4. The van der Waals surface area contributed by atoms with Gasteiger partial charge < -0.3 is 0 Å². The molecule has 0 unspecified atom stereocenters. The molecule has 30 heavy (non-hydrogen) atoms. The number of aryl methyl sites for hydroxylation is 2. The fraction of sp³-hybridized carbons (Fsp3) is 0.0667. The lowest BCUT2D eigenvalue weighted by molar-refractivity contribution is 1.46. The van der Waals surface area contributed by atoms with E-state index in [9.17, 15) is 0 Å². The summed E-state index contributed by atoms with van der Waals surface area (Å²) >= 11 is 0. The zero-order valence-corrected chi connectivity index (χ0v) is 17.5. The predicted molar refractivity (Wildman–Crippen MR) is 132 cm³/mol. The van der Waals surface area contributed by atoms with Gasteiger partial charge >= 0.3 is 0 Å². The summed E-state index contributed by atoms with van der Waals surface area (Å²) in [5.74, 6) is 0. The van der Waals surface area contributed by atoms with Crippen LogP contribution >= 0.6 is 0 Å². The fourth-order valence-corrected chi connectivity index (χ4v) is 3.50. The van der Waals surface area contributed by atoms with Gasteiger partial charge in [0, 0.05) is 0 Å². The molecule has 0 saturated carbocycles. The monoisotopic (exact) mass is 386 g/mol. The van der Waals surface area contributed by atoms with E-state index in [1.165, 1.54) is 44.5 Å². The quantitative estimate of drug-likeness (QED) is 0.302. The lowest BCUT2D eigenvalue weighted by Gasteiger charge is -2.10. The van der Waals surface area contributed by atoms with Gasteiger partial charge in [-0.2, -0.15) is 0 Å². The number of hydrogen-bond acceptors (Lipinski definition) is 0. The Hall–Kier alpha value is -3.64.